The number of benzene rings is 5. The number of hydrogen-bond donors (Lipinski definition) is 0. The average Bonchev–Trinajstić information content (AvgIpc) is 3.25. The van der Waals surface area contributed by atoms with Crippen LogP contribution in [0.15, 0.2) is 124 Å². The van der Waals surface area contributed by atoms with Crippen molar-refractivity contribution >= 4 is 55.0 Å². The Labute approximate surface area is 212 Å². The Morgan fingerprint density at radius 1 is 0.611 bits per heavy atom. The molecule has 0 amide bonds. The first-order valence-electron chi connectivity index (χ1n) is 11.7. The molecule has 0 atom stereocenters. The van der Waals surface area contributed by atoms with Crippen molar-refractivity contribution in [2.45, 2.75) is 14.7 Å². The number of para-hydroxylation sites is 3. The van der Waals surface area contributed by atoms with Crippen molar-refractivity contribution in [2.24, 2.45) is 0 Å². The van der Waals surface area contributed by atoms with Crippen LogP contribution >= 0.6 is 11.8 Å². The Kier molecular flexibility index (Phi) is 3.95. The molecular formula is C30H18N2O2S2. The van der Waals surface area contributed by atoms with Crippen LogP contribution in [0.1, 0.15) is 0 Å². The van der Waals surface area contributed by atoms with Crippen LogP contribution in [0.4, 0.5) is 11.4 Å². The van der Waals surface area contributed by atoms with Gasteiger partial charge in [0.05, 0.1) is 27.3 Å². The lowest BCUT2D eigenvalue weighted by Gasteiger charge is -2.37. The monoisotopic (exact) mass is 502 g/mol. The summed E-state index contributed by atoms with van der Waals surface area (Å²) in [5, 5.41) is 2.39. The standard InChI is InChI=1S/C30H18N2O2S2/c33-36(34)29-16-8-3-11-22(29)23-17-19(18-28-30(23)32(36)26-14-6-7-15-27(26)35-28)31-24-12-4-1-9-20(24)21-10-2-5-13-25(21)31/h1-18H. The Morgan fingerprint density at radius 2 is 1.25 bits per heavy atom. The highest BCUT2D eigenvalue weighted by Gasteiger charge is 2.41. The number of aromatic nitrogens is 1. The van der Waals surface area contributed by atoms with Gasteiger partial charge in [-0.2, -0.15) is 0 Å². The summed E-state index contributed by atoms with van der Waals surface area (Å²) in [5.41, 5.74) is 6.38. The second-order valence-electron chi connectivity index (χ2n) is 9.05. The Morgan fingerprint density at radius 3 is 2.03 bits per heavy atom. The molecule has 0 bridgehead atoms. The molecule has 0 unspecified atom stereocenters. The van der Waals surface area contributed by atoms with Crippen molar-refractivity contribution in [1.29, 1.82) is 0 Å². The first-order valence-corrected chi connectivity index (χ1v) is 14.0. The van der Waals surface area contributed by atoms with E-state index in [-0.39, 0.29) is 0 Å². The molecule has 0 saturated carbocycles. The molecule has 5 aromatic carbocycles. The maximum atomic E-state index is 13.9. The van der Waals surface area contributed by atoms with Gasteiger partial charge in [-0.25, -0.2) is 12.7 Å². The fourth-order valence-corrected chi connectivity index (χ4v) is 8.63. The van der Waals surface area contributed by atoms with Crippen LogP contribution in [0.25, 0.3) is 38.6 Å². The maximum Gasteiger partial charge on any atom is 0.269 e. The lowest BCUT2D eigenvalue weighted by atomic mass is 10.0. The van der Waals surface area contributed by atoms with E-state index in [1.54, 1.807) is 28.2 Å². The molecule has 0 N–H and O–H groups in total. The first-order chi connectivity index (χ1) is 17.6. The van der Waals surface area contributed by atoms with Crippen LogP contribution in [0, 0.1) is 0 Å². The predicted molar refractivity (Wildman–Crippen MR) is 146 cm³/mol. The van der Waals surface area contributed by atoms with Gasteiger partial charge in [0.2, 0.25) is 0 Å². The summed E-state index contributed by atoms with van der Waals surface area (Å²) in [6.07, 6.45) is 0. The van der Waals surface area contributed by atoms with E-state index in [4.69, 9.17) is 0 Å². The van der Waals surface area contributed by atoms with Crippen molar-refractivity contribution in [3.63, 3.8) is 0 Å². The van der Waals surface area contributed by atoms with Crippen LogP contribution in [0.3, 0.4) is 0 Å². The quantitative estimate of drug-likeness (QED) is 0.231. The van der Waals surface area contributed by atoms with E-state index in [1.807, 2.05) is 36.4 Å². The molecule has 0 saturated heterocycles. The van der Waals surface area contributed by atoms with E-state index in [0.29, 0.717) is 10.6 Å². The van der Waals surface area contributed by atoms with Gasteiger partial charge in [0, 0.05) is 37.4 Å². The number of rotatable bonds is 1. The SMILES string of the molecule is O=S1(=O)c2ccccc2-c2cc(-n3c4ccccc4c4ccccc43)cc3c2N1c1ccccc1S3. The smallest absolute Gasteiger partial charge is 0.269 e. The summed E-state index contributed by atoms with van der Waals surface area (Å²) < 4.78 is 31.7. The number of sulfonamides is 1. The largest absolute Gasteiger partial charge is 0.309 e. The van der Waals surface area contributed by atoms with E-state index in [2.05, 4.69) is 65.2 Å². The molecule has 2 aliphatic rings. The number of anilines is 2. The van der Waals surface area contributed by atoms with E-state index >= 15 is 0 Å². The third-order valence-electron chi connectivity index (χ3n) is 7.10. The minimum Gasteiger partial charge on any atom is -0.309 e. The summed E-state index contributed by atoms with van der Waals surface area (Å²) in [6, 6.07) is 36.2. The molecule has 172 valence electrons. The van der Waals surface area contributed by atoms with E-state index in [1.165, 1.54) is 10.8 Å². The third kappa shape index (κ3) is 2.52. The lowest BCUT2D eigenvalue weighted by Crippen LogP contribution is -2.32. The molecule has 0 aliphatic carbocycles. The fourth-order valence-electron chi connectivity index (χ4n) is 5.63. The van der Waals surface area contributed by atoms with Crippen LogP contribution in [0.2, 0.25) is 0 Å². The van der Waals surface area contributed by atoms with Crippen LogP contribution in [-0.2, 0) is 10.0 Å². The Hall–Kier alpha value is -4.00. The molecule has 0 fully saturated rings. The van der Waals surface area contributed by atoms with Gasteiger partial charge in [0.15, 0.2) is 0 Å². The zero-order valence-electron chi connectivity index (χ0n) is 18.9. The summed E-state index contributed by atoms with van der Waals surface area (Å²) in [4.78, 5) is 2.20. The van der Waals surface area contributed by atoms with Gasteiger partial charge in [-0.1, -0.05) is 78.5 Å². The zero-order chi connectivity index (χ0) is 24.0. The van der Waals surface area contributed by atoms with Crippen molar-refractivity contribution in [1.82, 2.24) is 4.57 Å². The Bertz CT molecular complexity index is 1950. The van der Waals surface area contributed by atoms with Crippen LogP contribution in [-0.4, -0.2) is 13.0 Å². The molecule has 2 aliphatic heterocycles. The number of nitrogens with zero attached hydrogens (tertiary/aromatic N) is 2. The molecule has 1 aromatic heterocycles. The van der Waals surface area contributed by atoms with E-state index in [9.17, 15) is 8.42 Å². The minimum atomic E-state index is -3.75. The maximum absolute atomic E-state index is 13.9. The molecule has 3 heterocycles. The second kappa shape index (κ2) is 7.03. The molecule has 8 rings (SSSR count). The molecule has 0 spiro atoms. The third-order valence-corrected chi connectivity index (χ3v) is 9.97. The van der Waals surface area contributed by atoms with E-state index in [0.717, 1.165) is 43.3 Å². The Balaban J connectivity index is 1.52. The highest BCUT2D eigenvalue weighted by atomic mass is 32.2. The van der Waals surface area contributed by atoms with Gasteiger partial charge in [0.1, 0.15) is 0 Å². The molecular weight excluding hydrogens is 484 g/mol. The molecule has 6 heteroatoms. The van der Waals surface area contributed by atoms with Gasteiger partial charge < -0.3 is 4.57 Å². The summed E-state index contributed by atoms with van der Waals surface area (Å²) in [6.45, 7) is 0. The fraction of sp³-hybridized carbons (Fsp3) is 0. The second-order valence-corrected chi connectivity index (χ2v) is 11.9. The zero-order valence-corrected chi connectivity index (χ0v) is 20.6. The summed E-state index contributed by atoms with van der Waals surface area (Å²) in [7, 11) is -3.75. The van der Waals surface area contributed by atoms with Gasteiger partial charge in [-0.05, 0) is 42.5 Å². The van der Waals surface area contributed by atoms with Gasteiger partial charge >= 0.3 is 0 Å². The van der Waals surface area contributed by atoms with Crippen molar-refractivity contribution in [3.8, 4) is 16.8 Å². The predicted octanol–water partition coefficient (Wildman–Crippen LogP) is 7.76. The topological polar surface area (TPSA) is 42.3 Å². The molecule has 6 aromatic rings. The minimum absolute atomic E-state index is 0.338. The summed E-state index contributed by atoms with van der Waals surface area (Å²) in [5.74, 6) is 0. The first kappa shape index (κ1) is 20.2. The van der Waals surface area contributed by atoms with Gasteiger partial charge in [0.25, 0.3) is 10.0 Å². The van der Waals surface area contributed by atoms with Crippen molar-refractivity contribution < 1.29 is 8.42 Å². The highest BCUT2D eigenvalue weighted by molar-refractivity contribution is 8.00. The highest BCUT2D eigenvalue weighted by Crippen LogP contribution is 2.57. The lowest BCUT2D eigenvalue weighted by molar-refractivity contribution is 0.595. The normalized spacial score (nSPS) is 14.9. The number of fused-ring (bicyclic) bond motifs is 7. The molecule has 36 heavy (non-hydrogen) atoms. The molecule has 4 nitrogen and oxygen atoms in total. The van der Waals surface area contributed by atoms with E-state index < -0.39 is 10.0 Å². The molecule has 0 radical (unpaired) electrons. The van der Waals surface area contributed by atoms with Gasteiger partial charge in [-0.15, -0.1) is 0 Å². The van der Waals surface area contributed by atoms with Crippen molar-refractivity contribution in [2.75, 3.05) is 4.31 Å². The average molecular weight is 503 g/mol. The van der Waals surface area contributed by atoms with Crippen LogP contribution in [0.5, 0.6) is 0 Å². The van der Waals surface area contributed by atoms with Crippen molar-refractivity contribution in [3.05, 3.63) is 109 Å². The van der Waals surface area contributed by atoms with Gasteiger partial charge in [-0.3, -0.25) is 0 Å². The summed E-state index contributed by atoms with van der Waals surface area (Å²) >= 11 is 1.63. The number of hydrogen-bond acceptors (Lipinski definition) is 3. The van der Waals surface area contributed by atoms with Crippen LogP contribution < -0.4 is 4.31 Å².